The molecule has 1 heterocycles. The fourth-order valence-electron chi connectivity index (χ4n) is 4.92. The second-order valence-electron chi connectivity index (χ2n) is 8.98. The minimum Gasteiger partial charge on any atom is -0.378 e. The third-order valence-corrected chi connectivity index (χ3v) is 8.22. The predicted octanol–water partition coefficient (Wildman–Crippen LogP) is 5.84. The van der Waals surface area contributed by atoms with Gasteiger partial charge in [0.05, 0.1) is 15.9 Å². The van der Waals surface area contributed by atoms with Gasteiger partial charge in [-0.2, -0.15) is 0 Å². The fraction of sp³-hybridized carbons (Fsp3) is 0.231. The lowest BCUT2D eigenvalue weighted by Crippen LogP contribution is -2.29. The average molecular weight is 476 g/mol. The number of nitrogens with one attached hydrogen (secondary N) is 2. The first-order chi connectivity index (χ1) is 16.2. The highest BCUT2D eigenvalue weighted by atomic mass is 32.2. The topological polar surface area (TPSA) is 101 Å². The van der Waals surface area contributed by atoms with Gasteiger partial charge in [0.2, 0.25) is 0 Å². The molecule has 3 atom stereocenters. The van der Waals surface area contributed by atoms with Crippen molar-refractivity contribution < 1.29 is 13.3 Å². The first-order valence-electron chi connectivity index (χ1n) is 11.1. The Morgan fingerprint density at radius 3 is 2.62 bits per heavy atom. The normalized spacial score (nSPS) is 20.8. The molecule has 0 fully saturated rings. The van der Waals surface area contributed by atoms with E-state index in [1.807, 2.05) is 32.0 Å². The minimum absolute atomic E-state index is 0.0253. The largest absolute Gasteiger partial charge is 0.378 e. The Morgan fingerprint density at radius 2 is 1.85 bits per heavy atom. The molecule has 34 heavy (non-hydrogen) atoms. The van der Waals surface area contributed by atoms with Gasteiger partial charge >= 0.3 is 0 Å². The number of anilines is 2. The van der Waals surface area contributed by atoms with Crippen LogP contribution >= 0.6 is 0 Å². The zero-order valence-electron chi connectivity index (χ0n) is 18.9. The second-order valence-corrected chi connectivity index (χ2v) is 10.7. The average Bonchev–Trinajstić information content (AvgIpc) is 3.31. The van der Waals surface area contributed by atoms with Gasteiger partial charge in [-0.3, -0.25) is 14.8 Å². The van der Waals surface area contributed by atoms with Crippen molar-refractivity contribution in [3.63, 3.8) is 0 Å². The van der Waals surface area contributed by atoms with E-state index in [2.05, 4.69) is 22.2 Å². The van der Waals surface area contributed by atoms with Crippen molar-refractivity contribution >= 4 is 27.1 Å². The van der Waals surface area contributed by atoms with E-state index in [-0.39, 0.29) is 33.4 Å². The molecule has 0 aromatic heterocycles. The van der Waals surface area contributed by atoms with Crippen LogP contribution in [0.25, 0.3) is 0 Å². The maximum Gasteiger partial charge on any atom is 0.269 e. The summed E-state index contributed by atoms with van der Waals surface area (Å²) in [5.41, 5.74) is 5.32. The van der Waals surface area contributed by atoms with Crippen LogP contribution in [-0.2, 0) is 10.0 Å². The summed E-state index contributed by atoms with van der Waals surface area (Å²) in [6.45, 7) is 3.93. The van der Waals surface area contributed by atoms with Crippen molar-refractivity contribution in [2.24, 2.45) is 5.92 Å². The van der Waals surface area contributed by atoms with Crippen LogP contribution < -0.4 is 10.0 Å². The summed E-state index contributed by atoms with van der Waals surface area (Å²) in [6.07, 6.45) is 5.02. The van der Waals surface area contributed by atoms with E-state index in [1.165, 1.54) is 6.07 Å². The summed E-state index contributed by atoms with van der Waals surface area (Å²) in [6, 6.07) is 17.2. The Hall–Kier alpha value is -3.65. The molecule has 1 aliphatic carbocycles. The first kappa shape index (κ1) is 22.2. The standard InChI is InChI=1S/C26H25N3O4S/c1-16-9-10-19(13-17(16)2)28-34(32,33)21-11-12-25-24(15-21)22-7-4-8-23(22)26(27-25)18-5-3-6-20(14-18)29(30)31/h3-7,9-15,22-23,26-28H,8H2,1-2H3/t22-,23+,26+/m0/s1. The maximum absolute atomic E-state index is 13.1. The summed E-state index contributed by atoms with van der Waals surface area (Å²) in [5, 5.41) is 14.8. The summed E-state index contributed by atoms with van der Waals surface area (Å²) in [7, 11) is -3.76. The van der Waals surface area contributed by atoms with Gasteiger partial charge in [0, 0.05) is 29.4 Å². The third-order valence-electron chi connectivity index (χ3n) is 6.84. The maximum atomic E-state index is 13.1. The second kappa shape index (κ2) is 8.29. The van der Waals surface area contributed by atoms with Crippen LogP contribution in [0.3, 0.4) is 0 Å². The van der Waals surface area contributed by atoms with Crippen molar-refractivity contribution in [2.75, 3.05) is 10.0 Å². The van der Waals surface area contributed by atoms with Crippen molar-refractivity contribution in [1.29, 1.82) is 0 Å². The lowest BCUT2D eigenvalue weighted by atomic mass is 9.77. The zero-order chi connectivity index (χ0) is 24.0. The highest BCUT2D eigenvalue weighted by molar-refractivity contribution is 7.92. The van der Waals surface area contributed by atoms with E-state index in [0.29, 0.717) is 5.69 Å². The molecule has 0 saturated heterocycles. The van der Waals surface area contributed by atoms with Crippen molar-refractivity contribution in [3.05, 3.63) is 105 Å². The summed E-state index contributed by atoms with van der Waals surface area (Å²) in [5.74, 6) is 0.164. The number of nitrogens with zero attached hydrogens (tertiary/aromatic N) is 1. The van der Waals surface area contributed by atoms with Gasteiger partial charge in [0.25, 0.3) is 15.7 Å². The molecule has 3 aromatic rings. The molecule has 8 heteroatoms. The molecular weight excluding hydrogens is 450 g/mol. The summed E-state index contributed by atoms with van der Waals surface area (Å²) < 4.78 is 29.0. The minimum atomic E-state index is -3.76. The molecular formula is C26H25N3O4S. The number of sulfonamides is 1. The van der Waals surface area contributed by atoms with Crippen molar-refractivity contribution in [1.82, 2.24) is 0 Å². The number of hydrogen-bond acceptors (Lipinski definition) is 5. The molecule has 174 valence electrons. The molecule has 7 nitrogen and oxygen atoms in total. The van der Waals surface area contributed by atoms with Gasteiger partial charge in [-0.1, -0.05) is 30.4 Å². The van der Waals surface area contributed by atoms with E-state index >= 15 is 0 Å². The number of fused-ring (bicyclic) bond motifs is 3. The summed E-state index contributed by atoms with van der Waals surface area (Å²) in [4.78, 5) is 11.1. The van der Waals surface area contributed by atoms with Gasteiger partial charge in [0.15, 0.2) is 0 Å². The number of non-ortho nitro benzene ring substituents is 1. The number of benzene rings is 3. The highest BCUT2D eigenvalue weighted by Gasteiger charge is 2.38. The molecule has 5 rings (SSSR count). The smallest absolute Gasteiger partial charge is 0.269 e. The Balaban J connectivity index is 1.48. The molecule has 1 aliphatic heterocycles. The number of rotatable bonds is 5. The number of allylic oxidation sites excluding steroid dienone is 2. The Morgan fingerprint density at radius 1 is 1.03 bits per heavy atom. The van der Waals surface area contributed by atoms with Crippen LogP contribution in [0.1, 0.15) is 40.6 Å². The Labute approximate surface area is 198 Å². The van der Waals surface area contributed by atoms with Gasteiger partial charge in [-0.25, -0.2) is 8.42 Å². The highest BCUT2D eigenvalue weighted by Crippen LogP contribution is 2.50. The fourth-order valence-corrected chi connectivity index (χ4v) is 6.00. The van der Waals surface area contributed by atoms with Crippen LogP contribution in [0.5, 0.6) is 0 Å². The molecule has 0 saturated carbocycles. The molecule has 0 unspecified atom stereocenters. The number of nitro groups is 1. The third kappa shape index (κ3) is 3.94. The molecule has 2 aliphatic rings. The molecule has 3 aromatic carbocycles. The quantitative estimate of drug-likeness (QED) is 0.274. The van der Waals surface area contributed by atoms with E-state index in [1.54, 1.807) is 36.4 Å². The van der Waals surface area contributed by atoms with Crippen LogP contribution in [0.2, 0.25) is 0 Å². The van der Waals surface area contributed by atoms with Gasteiger partial charge < -0.3 is 5.32 Å². The van der Waals surface area contributed by atoms with Gasteiger partial charge in [-0.05, 0) is 78.8 Å². The number of nitro benzene ring substituents is 1. The van der Waals surface area contributed by atoms with Crippen LogP contribution in [0.15, 0.2) is 77.7 Å². The lowest BCUT2D eigenvalue weighted by Gasteiger charge is -2.37. The van der Waals surface area contributed by atoms with E-state index in [4.69, 9.17) is 0 Å². The van der Waals surface area contributed by atoms with Crippen LogP contribution in [0.4, 0.5) is 17.1 Å². The van der Waals surface area contributed by atoms with Gasteiger partial charge in [0.1, 0.15) is 0 Å². The number of hydrogen-bond donors (Lipinski definition) is 2. The van der Waals surface area contributed by atoms with Gasteiger partial charge in [-0.15, -0.1) is 0 Å². The predicted molar refractivity (Wildman–Crippen MR) is 133 cm³/mol. The molecule has 0 bridgehead atoms. The lowest BCUT2D eigenvalue weighted by molar-refractivity contribution is -0.384. The van der Waals surface area contributed by atoms with Crippen LogP contribution in [0, 0.1) is 29.9 Å². The van der Waals surface area contributed by atoms with E-state index in [0.717, 1.165) is 34.4 Å². The van der Waals surface area contributed by atoms with E-state index < -0.39 is 10.0 Å². The number of aryl methyl sites for hydroxylation is 2. The molecule has 0 spiro atoms. The molecule has 0 radical (unpaired) electrons. The van der Waals surface area contributed by atoms with Crippen LogP contribution in [-0.4, -0.2) is 13.3 Å². The van der Waals surface area contributed by atoms with E-state index in [9.17, 15) is 18.5 Å². The Kier molecular flexibility index (Phi) is 5.40. The first-order valence-corrected chi connectivity index (χ1v) is 12.6. The Bertz CT molecular complexity index is 1430. The summed E-state index contributed by atoms with van der Waals surface area (Å²) >= 11 is 0. The SMILES string of the molecule is Cc1ccc(NS(=O)(=O)c2ccc3c(c2)[C@H]2C=CC[C@H]2[C@@H](c2cccc([N+](=O)[O-])c2)N3)cc1C. The van der Waals surface area contributed by atoms with Crippen molar-refractivity contribution in [3.8, 4) is 0 Å². The molecule has 2 N–H and O–H groups in total. The monoisotopic (exact) mass is 475 g/mol. The zero-order valence-corrected chi connectivity index (χ0v) is 19.7. The molecule has 0 amide bonds. The van der Waals surface area contributed by atoms with Crippen molar-refractivity contribution in [2.45, 2.75) is 37.1 Å².